The van der Waals surface area contributed by atoms with Crippen LogP contribution in [0.1, 0.15) is 5.69 Å². The standard InChI is InChI=1S/C17H12BrIN4S.BrH/c1-10-16(23-8-11(18)2-7-15(23)20-10)14-9-24-17(22-14)21-13-5-3-12(19)4-6-13;/h2-9H,1H3,(H,21,22);1H. The van der Waals surface area contributed by atoms with Crippen LogP contribution in [0.2, 0.25) is 0 Å². The second-order valence-electron chi connectivity index (χ2n) is 5.29. The Labute approximate surface area is 181 Å². The fourth-order valence-corrected chi connectivity index (χ4v) is 3.95. The number of nitrogens with one attached hydrogen (secondary N) is 1. The Hall–Kier alpha value is -0.970. The Morgan fingerprint density at radius 3 is 2.64 bits per heavy atom. The van der Waals surface area contributed by atoms with E-state index in [1.54, 1.807) is 11.3 Å². The number of anilines is 2. The van der Waals surface area contributed by atoms with Gasteiger partial charge in [0.05, 0.1) is 11.4 Å². The van der Waals surface area contributed by atoms with E-state index in [0.717, 1.165) is 38.0 Å². The molecule has 0 aliphatic carbocycles. The van der Waals surface area contributed by atoms with Gasteiger partial charge in [-0.2, -0.15) is 0 Å². The van der Waals surface area contributed by atoms with Gasteiger partial charge < -0.3 is 5.32 Å². The summed E-state index contributed by atoms with van der Waals surface area (Å²) in [5, 5.41) is 6.29. The maximum absolute atomic E-state index is 4.74. The molecule has 0 aliphatic heterocycles. The molecule has 0 atom stereocenters. The maximum Gasteiger partial charge on any atom is 0.187 e. The van der Waals surface area contributed by atoms with E-state index in [1.165, 1.54) is 3.57 Å². The van der Waals surface area contributed by atoms with Crippen LogP contribution < -0.4 is 5.32 Å². The molecule has 0 fully saturated rings. The van der Waals surface area contributed by atoms with Gasteiger partial charge in [0.25, 0.3) is 0 Å². The minimum Gasteiger partial charge on any atom is -0.332 e. The molecule has 4 rings (SSSR count). The SMILES string of the molecule is Br.Cc1nc2ccc(Br)cn2c1-c1csc(Nc2ccc(I)cc2)n1. The summed E-state index contributed by atoms with van der Waals surface area (Å²) in [6.45, 7) is 2.02. The Kier molecular flexibility index (Phi) is 5.81. The van der Waals surface area contributed by atoms with Gasteiger partial charge in [0.1, 0.15) is 11.3 Å². The number of aromatic nitrogens is 3. The first kappa shape index (κ1) is 18.8. The van der Waals surface area contributed by atoms with Crippen LogP contribution in [0.5, 0.6) is 0 Å². The number of hydrogen-bond donors (Lipinski definition) is 1. The van der Waals surface area contributed by atoms with Crippen molar-refractivity contribution in [3.8, 4) is 11.4 Å². The Bertz CT molecular complexity index is 1030. The third-order valence-electron chi connectivity index (χ3n) is 3.60. The molecular formula is C17H13Br2IN4S. The number of rotatable bonds is 3. The average Bonchev–Trinajstić information content (AvgIpc) is 3.12. The number of imidazole rings is 1. The number of thiazole rings is 1. The van der Waals surface area contributed by atoms with Crippen LogP contribution in [-0.4, -0.2) is 14.4 Å². The maximum atomic E-state index is 4.74. The number of aryl methyl sites for hydroxylation is 1. The molecule has 0 bridgehead atoms. The van der Waals surface area contributed by atoms with E-state index in [-0.39, 0.29) is 17.0 Å². The van der Waals surface area contributed by atoms with Crippen molar-refractivity contribution in [1.82, 2.24) is 14.4 Å². The van der Waals surface area contributed by atoms with E-state index in [0.29, 0.717) is 0 Å². The zero-order chi connectivity index (χ0) is 16.7. The van der Waals surface area contributed by atoms with Gasteiger partial charge in [-0.3, -0.25) is 4.40 Å². The molecule has 3 heterocycles. The minimum atomic E-state index is 0. The van der Waals surface area contributed by atoms with Crippen molar-refractivity contribution < 1.29 is 0 Å². The molecule has 8 heteroatoms. The predicted molar refractivity (Wildman–Crippen MR) is 122 cm³/mol. The molecule has 0 aliphatic rings. The molecule has 0 radical (unpaired) electrons. The summed E-state index contributed by atoms with van der Waals surface area (Å²) in [6.07, 6.45) is 2.02. The van der Waals surface area contributed by atoms with E-state index in [2.05, 4.69) is 82.9 Å². The number of pyridine rings is 1. The number of benzene rings is 1. The van der Waals surface area contributed by atoms with Gasteiger partial charge in [0.15, 0.2) is 5.13 Å². The largest absolute Gasteiger partial charge is 0.332 e. The topological polar surface area (TPSA) is 42.2 Å². The molecule has 0 saturated carbocycles. The zero-order valence-electron chi connectivity index (χ0n) is 13.0. The number of fused-ring (bicyclic) bond motifs is 1. The summed E-state index contributed by atoms with van der Waals surface area (Å²) < 4.78 is 4.30. The fraction of sp³-hybridized carbons (Fsp3) is 0.0588. The third-order valence-corrected chi connectivity index (χ3v) is 5.55. The molecule has 0 unspecified atom stereocenters. The van der Waals surface area contributed by atoms with Crippen LogP contribution >= 0.6 is 66.8 Å². The second-order valence-corrected chi connectivity index (χ2v) is 8.31. The first-order chi connectivity index (χ1) is 11.6. The van der Waals surface area contributed by atoms with Crippen LogP contribution in [0.4, 0.5) is 10.8 Å². The summed E-state index contributed by atoms with van der Waals surface area (Å²) in [6, 6.07) is 12.3. The second kappa shape index (κ2) is 7.73. The van der Waals surface area contributed by atoms with Crippen molar-refractivity contribution in [2.75, 3.05) is 5.32 Å². The number of hydrogen-bond acceptors (Lipinski definition) is 4. The quantitative estimate of drug-likeness (QED) is 0.278. The van der Waals surface area contributed by atoms with Crippen LogP contribution in [0.3, 0.4) is 0 Å². The lowest BCUT2D eigenvalue weighted by atomic mass is 10.3. The smallest absolute Gasteiger partial charge is 0.187 e. The lowest BCUT2D eigenvalue weighted by molar-refractivity contribution is 1.16. The minimum absolute atomic E-state index is 0. The molecule has 4 nitrogen and oxygen atoms in total. The highest BCUT2D eigenvalue weighted by Gasteiger charge is 2.14. The lowest BCUT2D eigenvalue weighted by Gasteiger charge is -2.02. The molecule has 0 saturated heterocycles. The highest BCUT2D eigenvalue weighted by atomic mass is 127. The van der Waals surface area contributed by atoms with Gasteiger partial charge in [-0.1, -0.05) is 0 Å². The van der Waals surface area contributed by atoms with Crippen molar-refractivity contribution in [1.29, 1.82) is 0 Å². The fourth-order valence-electron chi connectivity index (χ4n) is 2.54. The van der Waals surface area contributed by atoms with Crippen molar-refractivity contribution in [2.24, 2.45) is 0 Å². The molecular weight excluding hydrogens is 579 g/mol. The Morgan fingerprint density at radius 2 is 1.88 bits per heavy atom. The molecule has 0 amide bonds. The van der Waals surface area contributed by atoms with Crippen LogP contribution in [0.15, 0.2) is 52.4 Å². The van der Waals surface area contributed by atoms with E-state index in [1.807, 2.05) is 25.3 Å². The lowest BCUT2D eigenvalue weighted by Crippen LogP contribution is -1.92. The third kappa shape index (κ3) is 3.91. The summed E-state index contributed by atoms with van der Waals surface area (Å²) in [5.41, 5.74) is 4.88. The molecule has 1 N–H and O–H groups in total. The first-order valence-corrected chi connectivity index (χ1v) is 9.98. The predicted octanol–water partition coefficient (Wildman–Crippen LogP) is 6.45. The van der Waals surface area contributed by atoms with E-state index in [4.69, 9.17) is 4.98 Å². The van der Waals surface area contributed by atoms with Crippen LogP contribution in [-0.2, 0) is 0 Å². The molecule has 25 heavy (non-hydrogen) atoms. The molecule has 0 spiro atoms. The number of nitrogens with zero attached hydrogens (tertiary/aromatic N) is 3. The van der Waals surface area contributed by atoms with Gasteiger partial charge in [-0.25, -0.2) is 9.97 Å². The average molecular weight is 592 g/mol. The van der Waals surface area contributed by atoms with Gasteiger partial charge in [0, 0.05) is 25.3 Å². The van der Waals surface area contributed by atoms with Gasteiger partial charge >= 0.3 is 0 Å². The monoisotopic (exact) mass is 590 g/mol. The summed E-state index contributed by atoms with van der Waals surface area (Å²) in [7, 11) is 0. The summed E-state index contributed by atoms with van der Waals surface area (Å²) in [4.78, 5) is 9.36. The van der Waals surface area contributed by atoms with Gasteiger partial charge in [0.2, 0.25) is 0 Å². The summed E-state index contributed by atoms with van der Waals surface area (Å²) in [5.74, 6) is 0. The van der Waals surface area contributed by atoms with Gasteiger partial charge in [-0.15, -0.1) is 28.3 Å². The van der Waals surface area contributed by atoms with E-state index in [9.17, 15) is 0 Å². The Morgan fingerprint density at radius 1 is 1.12 bits per heavy atom. The van der Waals surface area contributed by atoms with Crippen molar-refractivity contribution in [3.63, 3.8) is 0 Å². The van der Waals surface area contributed by atoms with Gasteiger partial charge in [-0.05, 0) is 81.8 Å². The van der Waals surface area contributed by atoms with Crippen molar-refractivity contribution >= 4 is 83.3 Å². The Balaban J connectivity index is 0.00000182. The highest BCUT2D eigenvalue weighted by Crippen LogP contribution is 2.30. The molecule has 1 aromatic carbocycles. The van der Waals surface area contributed by atoms with Crippen molar-refractivity contribution in [3.05, 3.63) is 61.7 Å². The molecule has 3 aromatic heterocycles. The highest BCUT2D eigenvalue weighted by molar-refractivity contribution is 14.1. The van der Waals surface area contributed by atoms with E-state index < -0.39 is 0 Å². The zero-order valence-corrected chi connectivity index (χ0v) is 19.3. The van der Waals surface area contributed by atoms with E-state index >= 15 is 0 Å². The van der Waals surface area contributed by atoms with Crippen molar-refractivity contribution in [2.45, 2.75) is 6.92 Å². The first-order valence-electron chi connectivity index (χ1n) is 7.23. The molecule has 4 aromatic rings. The van der Waals surface area contributed by atoms with Crippen LogP contribution in [0.25, 0.3) is 17.0 Å². The summed E-state index contributed by atoms with van der Waals surface area (Å²) >= 11 is 7.41. The number of halogens is 3. The normalized spacial score (nSPS) is 10.7. The van der Waals surface area contributed by atoms with Crippen LogP contribution in [0, 0.1) is 10.5 Å². The molecule has 128 valence electrons.